The summed E-state index contributed by atoms with van der Waals surface area (Å²) in [7, 11) is 1.46. The van der Waals surface area contributed by atoms with Crippen LogP contribution in [0.4, 0.5) is 4.79 Å². The molecule has 11 heavy (non-hydrogen) atoms. The van der Waals surface area contributed by atoms with Crippen molar-refractivity contribution < 1.29 is 24.1 Å². The second-order valence-corrected chi connectivity index (χ2v) is 1.89. The van der Waals surface area contributed by atoms with Crippen molar-refractivity contribution in [3.8, 4) is 0 Å². The van der Waals surface area contributed by atoms with Crippen LogP contribution in [0.3, 0.4) is 0 Å². The summed E-state index contributed by atoms with van der Waals surface area (Å²) in [6, 6.07) is 0. The van der Waals surface area contributed by atoms with Gasteiger partial charge in [-0.15, -0.1) is 0 Å². The van der Waals surface area contributed by atoms with Gasteiger partial charge in [0.2, 0.25) is 6.29 Å². The van der Waals surface area contributed by atoms with Gasteiger partial charge in [-0.25, -0.2) is 4.79 Å². The highest BCUT2D eigenvalue weighted by atomic mass is 16.8. The quantitative estimate of drug-likeness (QED) is 0.496. The molecule has 2 atom stereocenters. The van der Waals surface area contributed by atoms with E-state index < -0.39 is 18.7 Å². The fourth-order valence-corrected chi connectivity index (χ4v) is 0.495. The number of hydrogen-bond acceptors (Lipinski definition) is 4. The molecule has 0 fully saturated rings. The molecule has 0 aliphatic rings. The van der Waals surface area contributed by atoms with Crippen LogP contribution in [0, 0.1) is 0 Å². The molecule has 0 radical (unpaired) electrons. The average Bonchev–Trinajstić information content (AvgIpc) is 1.85. The molecular formula is C6H12O5. The normalized spacial score (nSPS) is 15.5. The maximum Gasteiger partial charge on any atom is 0.508 e. The van der Waals surface area contributed by atoms with Crippen LogP contribution in [0.15, 0.2) is 0 Å². The molecule has 2 unspecified atom stereocenters. The SMILES string of the molecule is COC(C)OC(C)OC(=O)O. The molecule has 0 aliphatic heterocycles. The Bertz CT molecular complexity index is 124. The number of carbonyl (C=O) groups is 1. The molecule has 0 aromatic carbocycles. The zero-order valence-corrected chi connectivity index (χ0v) is 6.73. The summed E-state index contributed by atoms with van der Waals surface area (Å²) in [5, 5.41) is 8.13. The highest BCUT2D eigenvalue weighted by molar-refractivity contribution is 5.56. The van der Waals surface area contributed by atoms with Crippen LogP contribution in [0.5, 0.6) is 0 Å². The van der Waals surface area contributed by atoms with Crippen LogP contribution < -0.4 is 0 Å². The lowest BCUT2D eigenvalue weighted by atomic mass is 10.7. The van der Waals surface area contributed by atoms with Gasteiger partial charge < -0.3 is 19.3 Å². The average molecular weight is 164 g/mol. The molecule has 0 spiro atoms. The van der Waals surface area contributed by atoms with E-state index in [9.17, 15) is 4.79 Å². The fraction of sp³-hybridized carbons (Fsp3) is 0.833. The lowest BCUT2D eigenvalue weighted by Crippen LogP contribution is -2.23. The number of methoxy groups -OCH3 is 1. The van der Waals surface area contributed by atoms with Gasteiger partial charge in [-0.05, 0) is 13.8 Å². The third-order valence-corrected chi connectivity index (χ3v) is 0.982. The predicted octanol–water partition coefficient (Wildman–Crippen LogP) is 1.04. The van der Waals surface area contributed by atoms with Crippen molar-refractivity contribution in [2.45, 2.75) is 26.4 Å². The van der Waals surface area contributed by atoms with Crippen molar-refractivity contribution in [2.75, 3.05) is 7.11 Å². The van der Waals surface area contributed by atoms with Gasteiger partial charge in [-0.2, -0.15) is 0 Å². The Kier molecular flexibility index (Phi) is 4.56. The van der Waals surface area contributed by atoms with Crippen molar-refractivity contribution >= 4 is 6.16 Å². The van der Waals surface area contributed by atoms with E-state index >= 15 is 0 Å². The Balaban J connectivity index is 3.51. The Labute approximate surface area is 64.9 Å². The Morgan fingerprint density at radius 3 is 2.27 bits per heavy atom. The van der Waals surface area contributed by atoms with Crippen molar-refractivity contribution in [3.63, 3.8) is 0 Å². The standard InChI is InChI=1S/C6H12O5/c1-4(9-3)10-5(2)11-6(7)8/h4-5H,1-3H3,(H,7,8). The minimum Gasteiger partial charge on any atom is -0.450 e. The summed E-state index contributed by atoms with van der Waals surface area (Å²) >= 11 is 0. The molecule has 1 N–H and O–H groups in total. The first-order valence-electron chi connectivity index (χ1n) is 3.14. The van der Waals surface area contributed by atoms with E-state index in [2.05, 4.69) is 4.74 Å². The van der Waals surface area contributed by atoms with Crippen molar-refractivity contribution in [3.05, 3.63) is 0 Å². The summed E-state index contributed by atoms with van der Waals surface area (Å²) in [5.41, 5.74) is 0. The lowest BCUT2D eigenvalue weighted by molar-refractivity contribution is -0.207. The molecule has 0 aromatic rings. The summed E-state index contributed by atoms with van der Waals surface area (Å²) in [5.74, 6) is 0. The lowest BCUT2D eigenvalue weighted by Gasteiger charge is -2.16. The van der Waals surface area contributed by atoms with E-state index in [1.807, 2.05) is 0 Å². The molecule has 0 aromatic heterocycles. The van der Waals surface area contributed by atoms with E-state index in [4.69, 9.17) is 14.6 Å². The van der Waals surface area contributed by atoms with Crippen molar-refractivity contribution in [1.29, 1.82) is 0 Å². The van der Waals surface area contributed by atoms with Crippen LogP contribution in [0.1, 0.15) is 13.8 Å². The topological polar surface area (TPSA) is 65.0 Å². The molecule has 5 nitrogen and oxygen atoms in total. The van der Waals surface area contributed by atoms with Crippen LogP contribution >= 0.6 is 0 Å². The highest BCUT2D eigenvalue weighted by Gasteiger charge is 2.10. The fourth-order valence-electron chi connectivity index (χ4n) is 0.495. The first-order chi connectivity index (χ1) is 5.06. The number of carboxylic acid groups (broad SMARTS) is 1. The molecule has 0 rings (SSSR count). The van der Waals surface area contributed by atoms with E-state index in [0.29, 0.717) is 0 Å². The zero-order valence-electron chi connectivity index (χ0n) is 6.73. The van der Waals surface area contributed by atoms with Gasteiger partial charge in [-0.1, -0.05) is 0 Å². The summed E-state index contributed by atoms with van der Waals surface area (Å²) in [6.07, 6.45) is -2.63. The first kappa shape index (κ1) is 10.2. The molecule has 5 heteroatoms. The summed E-state index contributed by atoms with van der Waals surface area (Å²) in [6.45, 7) is 3.12. The Morgan fingerprint density at radius 1 is 1.36 bits per heavy atom. The predicted molar refractivity (Wildman–Crippen MR) is 36.1 cm³/mol. The summed E-state index contributed by atoms with van der Waals surface area (Å²) in [4.78, 5) is 9.94. The molecular weight excluding hydrogens is 152 g/mol. The van der Waals surface area contributed by atoms with Gasteiger partial charge in [0.05, 0.1) is 0 Å². The third kappa shape index (κ3) is 5.63. The Morgan fingerprint density at radius 2 is 1.91 bits per heavy atom. The largest absolute Gasteiger partial charge is 0.508 e. The third-order valence-electron chi connectivity index (χ3n) is 0.982. The van der Waals surface area contributed by atoms with Crippen molar-refractivity contribution in [2.24, 2.45) is 0 Å². The molecule has 0 saturated heterocycles. The monoisotopic (exact) mass is 164 g/mol. The number of hydrogen-bond donors (Lipinski definition) is 1. The second kappa shape index (κ2) is 4.92. The molecule has 0 bridgehead atoms. The van der Waals surface area contributed by atoms with Crippen LogP contribution in [0.25, 0.3) is 0 Å². The van der Waals surface area contributed by atoms with Crippen LogP contribution in [0.2, 0.25) is 0 Å². The maximum absolute atomic E-state index is 9.94. The van der Waals surface area contributed by atoms with Gasteiger partial charge in [-0.3, -0.25) is 0 Å². The number of ether oxygens (including phenoxy) is 3. The van der Waals surface area contributed by atoms with E-state index in [0.717, 1.165) is 0 Å². The van der Waals surface area contributed by atoms with E-state index in [1.165, 1.54) is 14.0 Å². The van der Waals surface area contributed by atoms with Gasteiger partial charge in [0, 0.05) is 7.11 Å². The van der Waals surface area contributed by atoms with Gasteiger partial charge in [0.1, 0.15) is 0 Å². The van der Waals surface area contributed by atoms with Gasteiger partial charge in [0.15, 0.2) is 6.29 Å². The second-order valence-electron chi connectivity index (χ2n) is 1.89. The molecule has 0 amide bonds. The van der Waals surface area contributed by atoms with Crippen LogP contribution in [-0.2, 0) is 14.2 Å². The molecule has 0 aliphatic carbocycles. The van der Waals surface area contributed by atoms with E-state index in [1.54, 1.807) is 6.92 Å². The highest BCUT2D eigenvalue weighted by Crippen LogP contribution is 1.99. The number of rotatable bonds is 4. The maximum atomic E-state index is 9.94. The zero-order chi connectivity index (χ0) is 8.85. The molecule has 0 saturated carbocycles. The minimum atomic E-state index is -1.36. The Hall–Kier alpha value is -0.810. The van der Waals surface area contributed by atoms with E-state index in [-0.39, 0.29) is 0 Å². The van der Waals surface area contributed by atoms with Crippen LogP contribution in [-0.4, -0.2) is 31.0 Å². The van der Waals surface area contributed by atoms with Crippen molar-refractivity contribution in [1.82, 2.24) is 0 Å². The molecule has 66 valence electrons. The molecule has 0 heterocycles. The smallest absolute Gasteiger partial charge is 0.450 e. The van der Waals surface area contributed by atoms with Gasteiger partial charge >= 0.3 is 6.16 Å². The first-order valence-corrected chi connectivity index (χ1v) is 3.14. The van der Waals surface area contributed by atoms with Gasteiger partial charge in [0.25, 0.3) is 0 Å². The minimum absolute atomic E-state index is 0.468. The summed E-state index contributed by atoms with van der Waals surface area (Å²) < 4.78 is 13.8.